The molecule has 2 aromatic carbocycles. The van der Waals surface area contributed by atoms with Crippen molar-refractivity contribution in [1.29, 1.82) is 0 Å². The molecule has 0 spiro atoms. The number of nitrogens with one attached hydrogen (secondary N) is 3. The summed E-state index contributed by atoms with van der Waals surface area (Å²) in [7, 11) is 0. The molecule has 0 aromatic heterocycles. The summed E-state index contributed by atoms with van der Waals surface area (Å²) in [6.45, 7) is 0. The summed E-state index contributed by atoms with van der Waals surface area (Å²) in [6.07, 6.45) is -1.26. The van der Waals surface area contributed by atoms with Gasteiger partial charge in [-0.05, 0) is 42.5 Å². The van der Waals surface area contributed by atoms with Gasteiger partial charge in [0.2, 0.25) is 3.79 Å². The number of carbonyl (C=O) groups is 1. The van der Waals surface area contributed by atoms with Crippen molar-refractivity contribution in [3.63, 3.8) is 0 Å². The molecular formula is C16H11Cl5FN3OS. The lowest BCUT2D eigenvalue weighted by atomic mass is 10.2. The maximum Gasteiger partial charge on any atom is 0.255 e. The van der Waals surface area contributed by atoms with Crippen LogP contribution in [0.2, 0.25) is 10.0 Å². The Labute approximate surface area is 185 Å². The van der Waals surface area contributed by atoms with Crippen molar-refractivity contribution in [2.45, 2.75) is 9.96 Å². The van der Waals surface area contributed by atoms with Gasteiger partial charge in [0.25, 0.3) is 5.91 Å². The van der Waals surface area contributed by atoms with Crippen molar-refractivity contribution >= 4 is 86.9 Å². The molecule has 2 aromatic rings. The van der Waals surface area contributed by atoms with Crippen molar-refractivity contribution in [1.82, 2.24) is 10.6 Å². The largest absolute Gasteiger partial charge is 0.339 e. The molecule has 0 bridgehead atoms. The SMILES string of the molecule is O=C(N[C@H](NC(=S)Nc1ccc(Cl)cc1Cl)C(Cl)(Cl)Cl)c1ccccc1F. The number of amides is 1. The summed E-state index contributed by atoms with van der Waals surface area (Å²) in [4.78, 5) is 12.3. The molecule has 4 nitrogen and oxygen atoms in total. The van der Waals surface area contributed by atoms with E-state index >= 15 is 0 Å². The van der Waals surface area contributed by atoms with E-state index in [2.05, 4.69) is 16.0 Å². The topological polar surface area (TPSA) is 53.2 Å². The number of hydrogen-bond donors (Lipinski definition) is 3. The number of hydrogen-bond acceptors (Lipinski definition) is 2. The molecule has 0 fully saturated rings. The molecule has 1 amide bonds. The van der Waals surface area contributed by atoms with Gasteiger partial charge < -0.3 is 16.0 Å². The number of halogens is 6. The summed E-state index contributed by atoms with van der Waals surface area (Å²) in [5.41, 5.74) is 0.236. The smallest absolute Gasteiger partial charge is 0.255 e. The molecule has 1 atom stereocenters. The van der Waals surface area contributed by atoms with Crippen LogP contribution < -0.4 is 16.0 Å². The van der Waals surface area contributed by atoms with Gasteiger partial charge in [0, 0.05) is 5.02 Å². The van der Waals surface area contributed by atoms with Crippen LogP contribution in [0.5, 0.6) is 0 Å². The van der Waals surface area contributed by atoms with Crippen molar-refractivity contribution in [2.75, 3.05) is 5.32 Å². The number of alkyl halides is 3. The molecule has 11 heteroatoms. The summed E-state index contributed by atoms with van der Waals surface area (Å²) >= 11 is 34.7. The highest BCUT2D eigenvalue weighted by molar-refractivity contribution is 7.80. The number of benzene rings is 2. The Morgan fingerprint density at radius 2 is 1.74 bits per heavy atom. The highest BCUT2D eigenvalue weighted by Crippen LogP contribution is 2.30. The van der Waals surface area contributed by atoms with Crippen molar-refractivity contribution in [3.8, 4) is 0 Å². The van der Waals surface area contributed by atoms with E-state index in [-0.39, 0.29) is 10.7 Å². The predicted octanol–water partition coefficient (Wildman–Crippen LogP) is 5.55. The normalized spacial score (nSPS) is 12.2. The second-order valence-electron chi connectivity index (χ2n) is 5.15. The Morgan fingerprint density at radius 1 is 1.07 bits per heavy atom. The Balaban J connectivity index is 2.11. The van der Waals surface area contributed by atoms with Gasteiger partial charge in [-0.1, -0.05) is 70.1 Å². The predicted molar refractivity (Wildman–Crippen MR) is 114 cm³/mol. The fraction of sp³-hybridized carbons (Fsp3) is 0.125. The summed E-state index contributed by atoms with van der Waals surface area (Å²) in [5, 5.41) is 8.59. The van der Waals surface area contributed by atoms with Gasteiger partial charge in [0.05, 0.1) is 16.3 Å². The summed E-state index contributed by atoms with van der Waals surface area (Å²) in [5.74, 6) is -1.50. The van der Waals surface area contributed by atoms with Crippen LogP contribution in [0.3, 0.4) is 0 Å². The van der Waals surface area contributed by atoms with Gasteiger partial charge in [-0.15, -0.1) is 0 Å². The van der Waals surface area contributed by atoms with E-state index in [1.54, 1.807) is 12.1 Å². The molecule has 0 aliphatic rings. The standard InChI is InChI=1S/C16H11Cl5FN3OS/c17-8-5-6-12(10(18)7-8)23-15(27)25-14(16(19,20)21)24-13(26)9-3-1-2-4-11(9)22/h1-7,14H,(H,24,26)(H2,23,25,27)/t14-/m1/s1. The van der Waals surface area contributed by atoms with Crippen LogP contribution in [0.1, 0.15) is 10.4 Å². The zero-order chi connectivity index (χ0) is 20.2. The number of carbonyl (C=O) groups excluding carboxylic acids is 1. The minimum Gasteiger partial charge on any atom is -0.339 e. The van der Waals surface area contributed by atoms with Gasteiger partial charge in [-0.3, -0.25) is 4.79 Å². The summed E-state index contributed by atoms with van der Waals surface area (Å²) < 4.78 is 11.8. The molecule has 0 saturated carbocycles. The summed E-state index contributed by atoms with van der Waals surface area (Å²) in [6, 6.07) is 10.1. The second-order valence-corrected chi connectivity index (χ2v) is 8.77. The van der Waals surface area contributed by atoms with E-state index in [0.29, 0.717) is 15.7 Å². The Hall–Kier alpha value is -1.02. The number of thiocarbonyl (C=S) groups is 1. The molecule has 0 heterocycles. The van der Waals surface area contributed by atoms with Crippen LogP contribution in [0.15, 0.2) is 42.5 Å². The van der Waals surface area contributed by atoms with Crippen LogP contribution in [-0.4, -0.2) is 21.0 Å². The van der Waals surface area contributed by atoms with Crippen molar-refractivity contribution < 1.29 is 9.18 Å². The molecule has 144 valence electrons. The highest BCUT2D eigenvalue weighted by Gasteiger charge is 2.35. The fourth-order valence-corrected chi connectivity index (χ4v) is 2.95. The molecule has 2 rings (SSSR count). The Kier molecular flexibility index (Phi) is 7.80. The van der Waals surface area contributed by atoms with Crippen LogP contribution in [0.25, 0.3) is 0 Å². The maximum absolute atomic E-state index is 13.8. The molecule has 0 radical (unpaired) electrons. The quantitative estimate of drug-likeness (QED) is 0.300. The molecular weight excluding hydrogens is 479 g/mol. The monoisotopic (exact) mass is 487 g/mol. The Morgan fingerprint density at radius 3 is 2.33 bits per heavy atom. The number of rotatable bonds is 4. The fourth-order valence-electron chi connectivity index (χ4n) is 1.93. The lowest BCUT2D eigenvalue weighted by Crippen LogP contribution is -2.56. The first-order valence-corrected chi connectivity index (χ1v) is 9.52. The second kappa shape index (κ2) is 9.45. The third-order valence-corrected chi connectivity index (χ3v) is 4.60. The molecule has 0 aliphatic heterocycles. The molecule has 0 aliphatic carbocycles. The molecule has 27 heavy (non-hydrogen) atoms. The Bertz CT molecular complexity index is 862. The molecule has 0 unspecified atom stereocenters. The van der Waals surface area contributed by atoms with Crippen LogP contribution >= 0.6 is 70.2 Å². The lowest BCUT2D eigenvalue weighted by Gasteiger charge is -2.28. The van der Waals surface area contributed by atoms with E-state index in [4.69, 9.17) is 70.2 Å². The highest BCUT2D eigenvalue weighted by atomic mass is 35.6. The zero-order valence-corrected chi connectivity index (χ0v) is 17.8. The van der Waals surface area contributed by atoms with Gasteiger partial charge in [-0.2, -0.15) is 0 Å². The van der Waals surface area contributed by atoms with Crippen LogP contribution in [-0.2, 0) is 0 Å². The van der Waals surface area contributed by atoms with Crippen molar-refractivity contribution in [2.24, 2.45) is 0 Å². The minimum atomic E-state index is -1.99. The molecule has 0 saturated heterocycles. The third kappa shape index (κ3) is 6.52. The first-order valence-electron chi connectivity index (χ1n) is 7.22. The molecule has 3 N–H and O–H groups in total. The zero-order valence-electron chi connectivity index (χ0n) is 13.2. The van der Waals surface area contributed by atoms with Gasteiger partial charge >= 0.3 is 0 Å². The first kappa shape index (κ1) is 22.3. The third-order valence-electron chi connectivity index (χ3n) is 3.18. The van der Waals surface area contributed by atoms with E-state index in [1.165, 1.54) is 24.3 Å². The average Bonchev–Trinajstić information content (AvgIpc) is 2.56. The van der Waals surface area contributed by atoms with Crippen LogP contribution in [0.4, 0.5) is 10.1 Å². The van der Waals surface area contributed by atoms with E-state index in [9.17, 15) is 9.18 Å². The first-order chi connectivity index (χ1) is 12.6. The van der Waals surface area contributed by atoms with E-state index in [1.807, 2.05) is 0 Å². The maximum atomic E-state index is 13.8. The number of anilines is 1. The lowest BCUT2D eigenvalue weighted by molar-refractivity contribution is 0.0930. The van der Waals surface area contributed by atoms with Gasteiger partial charge in [0.1, 0.15) is 12.0 Å². The van der Waals surface area contributed by atoms with E-state index in [0.717, 1.165) is 6.07 Å². The van der Waals surface area contributed by atoms with Gasteiger partial charge in [-0.25, -0.2) is 4.39 Å². The average molecular weight is 490 g/mol. The van der Waals surface area contributed by atoms with Crippen molar-refractivity contribution in [3.05, 3.63) is 63.9 Å². The van der Waals surface area contributed by atoms with E-state index < -0.39 is 21.7 Å². The minimum absolute atomic E-state index is 0.00406. The van der Waals surface area contributed by atoms with Crippen LogP contribution in [0, 0.1) is 5.82 Å². The van der Waals surface area contributed by atoms with Gasteiger partial charge in [0.15, 0.2) is 5.11 Å².